The Balaban J connectivity index is 1.90. The summed E-state index contributed by atoms with van der Waals surface area (Å²) in [7, 11) is 0. The molecule has 26 heavy (non-hydrogen) atoms. The number of carbonyl (C=O) groups excluding carboxylic acids is 2. The second-order valence-electron chi connectivity index (χ2n) is 7.62. The number of hydrogen-bond donors (Lipinski definition) is 2. The van der Waals surface area contributed by atoms with E-state index in [9.17, 15) is 9.59 Å². The van der Waals surface area contributed by atoms with Gasteiger partial charge in [0, 0.05) is 31.4 Å². The molecule has 2 amide bonds. The van der Waals surface area contributed by atoms with Crippen molar-refractivity contribution in [3.05, 3.63) is 23.9 Å². The van der Waals surface area contributed by atoms with Gasteiger partial charge in [-0.25, -0.2) is 9.78 Å². The summed E-state index contributed by atoms with van der Waals surface area (Å²) >= 11 is 0. The van der Waals surface area contributed by atoms with Gasteiger partial charge in [-0.2, -0.15) is 0 Å². The molecule has 0 radical (unpaired) electrons. The fraction of sp³-hybridized carbons (Fsp3) is 0.632. The lowest BCUT2D eigenvalue weighted by atomic mass is 10.1. The highest BCUT2D eigenvalue weighted by molar-refractivity contribution is 5.85. The molecule has 1 fully saturated rings. The monoisotopic (exact) mass is 362 g/mol. The van der Waals surface area contributed by atoms with Crippen LogP contribution in [0.5, 0.6) is 0 Å². The fourth-order valence-electron chi connectivity index (χ4n) is 2.84. The van der Waals surface area contributed by atoms with E-state index in [-0.39, 0.29) is 5.91 Å². The average molecular weight is 362 g/mol. The number of amides is 2. The average Bonchev–Trinajstić information content (AvgIpc) is 2.59. The van der Waals surface area contributed by atoms with Crippen LogP contribution >= 0.6 is 0 Å². The number of aromatic nitrogens is 1. The Bertz CT molecular complexity index is 621. The summed E-state index contributed by atoms with van der Waals surface area (Å²) in [4.78, 5) is 30.8. The molecule has 7 heteroatoms. The Morgan fingerprint density at radius 2 is 1.96 bits per heavy atom. The lowest BCUT2D eigenvalue weighted by molar-refractivity contribution is -0.122. The minimum atomic E-state index is -0.681. The van der Waals surface area contributed by atoms with Gasteiger partial charge in [-0.1, -0.05) is 6.07 Å². The van der Waals surface area contributed by atoms with Crippen LogP contribution in [0.2, 0.25) is 0 Å². The molecule has 2 heterocycles. The summed E-state index contributed by atoms with van der Waals surface area (Å²) in [5.41, 5.74) is 0.381. The SMILES string of the molecule is CC(NC(=O)OC(C)(C)C)C(=O)NCc1cccnc1N1CCCCC1. The second-order valence-corrected chi connectivity index (χ2v) is 7.62. The van der Waals surface area contributed by atoms with Crippen molar-refractivity contribution < 1.29 is 14.3 Å². The summed E-state index contributed by atoms with van der Waals surface area (Å²) in [6.45, 7) is 9.33. The van der Waals surface area contributed by atoms with Crippen molar-refractivity contribution in [2.24, 2.45) is 0 Å². The van der Waals surface area contributed by atoms with Crippen molar-refractivity contribution in [3.63, 3.8) is 0 Å². The first-order chi connectivity index (χ1) is 12.3. The molecule has 1 saturated heterocycles. The number of nitrogens with one attached hydrogen (secondary N) is 2. The van der Waals surface area contributed by atoms with Gasteiger partial charge in [-0.15, -0.1) is 0 Å². The maximum Gasteiger partial charge on any atom is 0.408 e. The quantitative estimate of drug-likeness (QED) is 0.841. The van der Waals surface area contributed by atoms with Gasteiger partial charge >= 0.3 is 6.09 Å². The Morgan fingerprint density at radius 1 is 1.27 bits per heavy atom. The number of carbonyl (C=O) groups is 2. The minimum absolute atomic E-state index is 0.260. The van der Waals surface area contributed by atoms with E-state index in [4.69, 9.17) is 4.74 Å². The zero-order chi connectivity index (χ0) is 19.2. The molecule has 1 unspecified atom stereocenters. The van der Waals surface area contributed by atoms with E-state index in [0.717, 1.165) is 24.5 Å². The van der Waals surface area contributed by atoms with Crippen LogP contribution in [0.1, 0.15) is 52.5 Å². The third-order valence-corrected chi connectivity index (χ3v) is 4.10. The Labute approximate surface area is 155 Å². The van der Waals surface area contributed by atoms with Crippen molar-refractivity contribution >= 4 is 17.8 Å². The lowest BCUT2D eigenvalue weighted by Crippen LogP contribution is -2.46. The number of nitrogens with zero attached hydrogens (tertiary/aromatic N) is 2. The third kappa shape index (κ3) is 6.20. The van der Waals surface area contributed by atoms with E-state index in [2.05, 4.69) is 20.5 Å². The highest BCUT2D eigenvalue weighted by Crippen LogP contribution is 2.21. The molecule has 0 aliphatic carbocycles. The largest absolute Gasteiger partial charge is 0.444 e. The van der Waals surface area contributed by atoms with E-state index < -0.39 is 17.7 Å². The van der Waals surface area contributed by atoms with Crippen LogP contribution in [0.15, 0.2) is 18.3 Å². The number of ether oxygens (including phenoxy) is 1. The Kier molecular flexibility index (Phi) is 6.83. The molecular formula is C19H30N4O3. The van der Waals surface area contributed by atoms with E-state index in [0.29, 0.717) is 6.54 Å². The minimum Gasteiger partial charge on any atom is -0.444 e. The maximum atomic E-state index is 12.3. The molecule has 2 N–H and O–H groups in total. The maximum absolute atomic E-state index is 12.3. The second kappa shape index (κ2) is 8.87. The van der Waals surface area contributed by atoms with Gasteiger partial charge in [-0.3, -0.25) is 4.79 Å². The van der Waals surface area contributed by atoms with Gasteiger partial charge in [0.25, 0.3) is 0 Å². The van der Waals surface area contributed by atoms with Gasteiger partial charge in [0.05, 0.1) is 0 Å². The van der Waals surface area contributed by atoms with Crippen LogP contribution in [-0.2, 0) is 16.1 Å². The van der Waals surface area contributed by atoms with E-state index >= 15 is 0 Å². The molecule has 1 atom stereocenters. The first-order valence-electron chi connectivity index (χ1n) is 9.22. The summed E-state index contributed by atoms with van der Waals surface area (Å²) in [5.74, 6) is 0.671. The van der Waals surface area contributed by atoms with Crippen molar-refractivity contribution in [1.82, 2.24) is 15.6 Å². The highest BCUT2D eigenvalue weighted by Gasteiger charge is 2.21. The molecule has 0 spiro atoms. The standard InChI is InChI=1S/C19H30N4O3/c1-14(22-18(25)26-19(2,3)4)17(24)21-13-15-9-8-10-20-16(15)23-11-6-5-7-12-23/h8-10,14H,5-7,11-13H2,1-4H3,(H,21,24)(H,22,25). The molecular weight excluding hydrogens is 332 g/mol. The molecule has 2 rings (SSSR count). The van der Waals surface area contributed by atoms with Crippen LogP contribution in [0, 0.1) is 0 Å². The fourth-order valence-corrected chi connectivity index (χ4v) is 2.84. The topological polar surface area (TPSA) is 83.6 Å². The smallest absolute Gasteiger partial charge is 0.408 e. The molecule has 1 aromatic rings. The van der Waals surface area contributed by atoms with Gasteiger partial charge in [-0.05, 0) is 53.0 Å². The lowest BCUT2D eigenvalue weighted by Gasteiger charge is -2.29. The van der Waals surface area contributed by atoms with Crippen LogP contribution in [0.25, 0.3) is 0 Å². The Morgan fingerprint density at radius 3 is 2.62 bits per heavy atom. The molecule has 1 aliphatic heterocycles. The summed E-state index contributed by atoms with van der Waals surface area (Å²) < 4.78 is 5.17. The van der Waals surface area contributed by atoms with Gasteiger partial charge < -0.3 is 20.3 Å². The molecule has 1 aliphatic rings. The van der Waals surface area contributed by atoms with E-state index in [1.165, 1.54) is 19.3 Å². The predicted octanol–water partition coefficient (Wildman–Crippen LogP) is 2.60. The summed E-state index contributed by atoms with van der Waals surface area (Å²) in [6, 6.07) is 3.17. The predicted molar refractivity (Wildman–Crippen MR) is 101 cm³/mol. The number of anilines is 1. The van der Waals surface area contributed by atoms with E-state index in [1.54, 1.807) is 33.9 Å². The first kappa shape index (κ1) is 20.0. The molecule has 1 aromatic heterocycles. The first-order valence-corrected chi connectivity index (χ1v) is 9.22. The number of piperidine rings is 1. The van der Waals surface area contributed by atoms with Crippen molar-refractivity contribution in [1.29, 1.82) is 0 Å². The molecule has 0 saturated carbocycles. The van der Waals surface area contributed by atoms with Gasteiger partial charge in [0.1, 0.15) is 17.5 Å². The van der Waals surface area contributed by atoms with Crippen molar-refractivity contribution in [2.75, 3.05) is 18.0 Å². The zero-order valence-electron chi connectivity index (χ0n) is 16.2. The number of pyridine rings is 1. The van der Waals surface area contributed by atoms with E-state index in [1.807, 2.05) is 12.1 Å². The summed E-state index contributed by atoms with van der Waals surface area (Å²) in [5, 5.41) is 5.42. The van der Waals surface area contributed by atoms with Crippen molar-refractivity contribution in [2.45, 2.75) is 65.1 Å². The zero-order valence-corrected chi connectivity index (χ0v) is 16.2. The highest BCUT2D eigenvalue weighted by atomic mass is 16.6. The summed E-state index contributed by atoms with van der Waals surface area (Å²) in [6.07, 6.45) is 4.76. The third-order valence-electron chi connectivity index (χ3n) is 4.10. The Hall–Kier alpha value is -2.31. The van der Waals surface area contributed by atoms with Crippen LogP contribution in [-0.4, -0.2) is 41.7 Å². The van der Waals surface area contributed by atoms with Gasteiger partial charge in [0.15, 0.2) is 0 Å². The number of hydrogen-bond acceptors (Lipinski definition) is 5. The number of rotatable bonds is 5. The van der Waals surface area contributed by atoms with Crippen LogP contribution < -0.4 is 15.5 Å². The van der Waals surface area contributed by atoms with Gasteiger partial charge in [0.2, 0.25) is 5.91 Å². The molecule has 0 bridgehead atoms. The van der Waals surface area contributed by atoms with Crippen LogP contribution in [0.3, 0.4) is 0 Å². The molecule has 144 valence electrons. The molecule has 7 nitrogen and oxygen atoms in total. The number of alkyl carbamates (subject to hydrolysis) is 1. The van der Waals surface area contributed by atoms with Crippen molar-refractivity contribution in [3.8, 4) is 0 Å². The molecule has 0 aromatic carbocycles. The normalized spacial score (nSPS) is 15.9. The van der Waals surface area contributed by atoms with Crippen LogP contribution in [0.4, 0.5) is 10.6 Å².